The van der Waals surface area contributed by atoms with Gasteiger partial charge in [0.15, 0.2) is 11.5 Å². The molecule has 0 N–H and O–H groups in total. The molecule has 1 unspecified atom stereocenters. The molecule has 6 heteroatoms. The fraction of sp³-hybridized carbons (Fsp3) is 0.381. The molecule has 1 atom stereocenters. The van der Waals surface area contributed by atoms with Crippen LogP contribution in [-0.2, 0) is 11.3 Å². The van der Waals surface area contributed by atoms with Crippen LogP contribution in [0.1, 0.15) is 18.1 Å². The lowest BCUT2D eigenvalue weighted by molar-refractivity contribution is -0.0507. The van der Waals surface area contributed by atoms with Crippen molar-refractivity contribution in [3.63, 3.8) is 0 Å². The zero-order valence-electron chi connectivity index (χ0n) is 15.4. The van der Waals surface area contributed by atoms with Crippen molar-refractivity contribution in [1.82, 2.24) is 4.90 Å². The van der Waals surface area contributed by atoms with Crippen molar-refractivity contribution in [2.24, 2.45) is 0 Å². The largest absolute Gasteiger partial charge is 0.490 e. The van der Waals surface area contributed by atoms with Crippen LogP contribution >= 0.6 is 11.6 Å². The summed E-state index contributed by atoms with van der Waals surface area (Å²) < 4.78 is 17.4. The minimum Gasteiger partial charge on any atom is -0.490 e. The third-order valence-corrected chi connectivity index (χ3v) is 4.59. The van der Waals surface area contributed by atoms with Crippen LogP contribution in [0.3, 0.4) is 0 Å². The molecule has 1 saturated heterocycles. The summed E-state index contributed by atoms with van der Waals surface area (Å²) in [6, 6.07) is 15.3. The van der Waals surface area contributed by atoms with Gasteiger partial charge in [-0.05, 0) is 36.8 Å². The Morgan fingerprint density at radius 1 is 1.19 bits per heavy atom. The first-order valence-corrected chi connectivity index (χ1v) is 9.44. The van der Waals surface area contributed by atoms with E-state index in [0.717, 1.165) is 24.7 Å². The molecular formula is C21H23ClN2O3. The van der Waals surface area contributed by atoms with E-state index in [4.69, 9.17) is 31.1 Å². The fourth-order valence-corrected chi connectivity index (χ4v) is 3.15. The first-order chi connectivity index (χ1) is 13.2. The van der Waals surface area contributed by atoms with Gasteiger partial charge >= 0.3 is 0 Å². The van der Waals surface area contributed by atoms with E-state index in [1.807, 2.05) is 19.1 Å². The predicted molar refractivity (Wildman–Crippen MR) is 104 cm³/mol. The summed E-state index contributed by atoms with van der Waals surface area (Å²) >= 11 is 5.95. The second kappa shape index (κ2) is 9.61. The lowest BCUT2D eigenvalue weighted by Crippen LogP contribution is -2.44. The Hall–Kier alpha value is -2.26. The van der Waals surface area contributed by atoms with Gasteiger partial charge in [0.2, 0.25) is 0 Å². The molecule has 2 aromatic carbocycles. The molecule has 0 aliphatic carbocycles. The van der Waals surface area contributed by atoms with E-state index in [9.17, 15) is 0 Å². The van der Waals surface area contributed by atoms with Gasteiger partial charge < -0.3 is 14.2 Å². The van der Waals surface area contributed by atoms with Crippen LogP contribution in [0.25, 0.3) is 0 Å². The predicted octanol–water partition coefficient (Wildman–Crippen LogP) is 3.89. The fourth-order valence-electron chi connectivity index (χ4n) is 3.02. The Morgan fingerprint density at radius 2 is 2.00 bits per heavy atom. The summed E-state index contributed by atoms with van der Waals surface area (Å²) in [7, 11) is 0. The number of nitrogens with zero attached hydrogens (tertiary/aromatic N) is 2. The molecule has 1 fully saturated rings. The maximum atomic E-state index is 9.04. The molecule has 0 bridgehead atoms. The lowest BCUT2D eigenvalue weighted by Gasteiger charge is -2.33. The van der Waals surface area contributed by atoms with Gasteiger partial charge in [-0.25, -0.2) is 0 Å². The van der Waals surface area contributed by atoms with Crippen LogP contribution in [0.4, 0.5) is 0 Å². The molecule has 3 rings (SSSR count). The highest BCUT2D eigenvalue weighted by Crippen LogP contribution is 2.28. The molecule has 1 aliphatic heterocycles. The van der Waals surface area contributed by atoms with Crippen molar-refractivity contribution in [2.45, 2.75) is 19.6 Å². The van der Waals surface area contributed by atoms with Crippen molar-refractivity contribution in [2.75, 3.05) is 32.9 Å². The van der Waals surface area contributed by atoms with E-state index in [1.165, 1.54) is 5.56 Å². The highest BCUT2D eigenvalue weighted by molar-refractivity contribution is 6.30. The second-order valence-corrected chi connectivity index (χ2v) is 6.81. The first-order valence-electron chi connectivity index (χ1n) is 9.06. The van der Waals surface area contributed by atoms with Crippen LogP contribution in [-0.4, -0.2) is 43.9 Å². The number of ether oxygens (including phenoxy) is 3. The quantitative estimate of drug-likeness (QED) is 0.722. The summed E-state index contributed by atoms with van der Waals surface area (Å²) in [5.41, 5.74) is 1.78. The van der Waals surface area contributed by atoms with Crippen LogP contribution in [0.15, 0.2) is 42.5 Å². The van der Waals surface area contributed by atoms with Gasteiger partial charge in [-0.1, -0.05) is 23.7 Å². The topological polar surface area (TPSA) is 54.7 Å². The Balaban J connectivity index is 1.56. The Kier molecular flexibility index (Phi) is 6.94. The minimum atomic E-state index is -0.0174. The normalized spacial score (nSPS) is 17.3. The second-order valence-electron chi connectivity index (χ2n) is 6.37. The molecular weight excluding hydrogens is 364 g/mol. The van der Waals surface area contributed by atoms with Crippen LogP contribution < -0.4 is 9.47 Å². The van der Waals surface area contributed by atoms with Gasteiger partial charge in [0.1, 0.15) is 12.7 Å². The summed E-state index contributed by atoms with van der Waals surface area (Å²) in [5, 5.41) is 9.79. The van der Waals surface area contributed by atoms with Gasteiger partial charge in [-0.3, -0.25) is 4.90 Å². The number of morpholine rings is 1. The molecule has 0 spiro atoms. The summed E-state index contributed by atoms with van der Waals surface area (Å²) in [4.78, 5) is 2.35. The highest BCUT2D eigenvalue weighted by atomic mass is 35.5. The maximum absolute atomic E-state index is 9.04. The first kappa shape index (κ1) is 19.5. The molecule has 142 valence electrons. The van der Waals surface area contributed by atoms with Gasteiger partial charge in [0.25, 0.3) is 0 Å². The molecule has 1 heterocycles. The summed E-state index contributed by atoms with van der Waals surface area (Å²) in [6.45, 7) is 6.07. The smallest absolute Gasteiger partial charge is 0.162 e. The van der Waals surface area contributed by atoms with Crippen molar-refractivity contribution >= 4 is 11.6 Å². The van der Waals surface area contributed by atoms with E-state index >= 15 is 0 Å². The summed E-state index contributed by atoms with van der Waals surface area (Å²) in [6.07, 6.45) is -0.0174. The van der Waals surface area contributed by atoms with Crippen molar-refractivity contribution < 1.29 is 14.2 Å². The molecule has 5 nitrogen and oxygen atoms in total. The third kappa shape index (κ3) is 5.61. The summed E-state index contributed by atoms with van der Waals surface area (Å²) in [5.74, 6) is 1.22. The van der Waals surface area contributed by atoms with Crippen molar-refractivity contribution in [3.8, 4) is 17.6 Å². The Morgan fingerprint density at radius 3 is 2.74 bits per heavy atom. The van der Waals surface area contributed by atoms with Gasteiger partial charge in [-0.15, -0.1) is 0 Å². The van der Waals surface area contributed by atoms with Crippen LogP contribution in [0.5, 0.6) is 11.5 Å². The maximum Gasteiger partial charge on any atom is 0.162 e. The van der Waals surface area contributed by atoms with Crippen molar-refractivity contribution in [3.05, 3.63) is 58.6 Å². The van der Waals surface area contributed by atoms with E-state index in [2.05, 4.69) is 23.1 Å². The molecule has 0 amide bonds. The standard InChI is InChI=1S/C21H23ClN2O3/c1-2-25-21-11-17(12-23)5-8-20(21)27-15-19-14-24(9-10-26-19)13-16-3-6-18(22)7-4-16/h3-8,11,19H,2,9-10,13-15H2,1H3. The molecule has 0 aromatic heterocycles. The molecule has 0 saturated carbocycles. The number of hydrogen-bond donors (Lipinski definition) is 0. The molecule has 1 aliphatic rings. The van der Waals surface area contributed by atoms with E-state index in [0.29, 0.717) is 36.9 Å². The van der Waals surface area contributed by atoms with Crippen LogP contribution in [0.2, 0.25) is 5.02 Å². The lowest BCUT2D eigenvalue weighted by atomic mass is 10.2. The Bertz CT molecular complexity index is 789. The third-order valence-electron chi connectivity index (χ3n) is 4.34. The average Bonchev–Trinajstić information content (AvgIpc) is 2.69. The number of rotatable bonds is 7. The highest BCUT2D eigenvalue weighted by Gasteiger charge is 2.22. The number of benzene rings is 2. The average molecular weight is 387 g/mol. The van der Waals surface area contributed by atoms with E-state index in [-0.39, 0.29) is 6.10 Å². The molecule has 2 aromatic rings. The molecule has 0 radical (unpaired) electrons. The molecule has 27 heavy (non-hydrogen) atoms. The zero-order chi connectivity index (χ0) is 19.1. The number of hydrogen-bond acceptors (Lipinski definition) is 5. The number of halogens is 1. The SMILES string of the molecule is CCOc1cc(C#N)ccc1OCC1CN(Cc2ccc(Cl)cc2)CCO1. The monoisotopic (exact) mass is 386 g/mol. The van der Waals surface area contributed by atoms with Gasteiger partial charge in [0.05, 0.1) is 24.8 Å². The van der Waals surface area contributed by atoms with Gasteiger partial charge in [-0.2, -0.15) is 5.26 Å². The van der Waals surface area contributed by atoms with Crippen LogP contribution in [0, 0.1) is 11.3 Å². The van der Waals surface area contributed by atoms with Crippen molar-refractivity contribution in [1.29, 1.82) is 5.26 Å². The van der Waals surface area contributed by atoms with E-state index in [1.54, 1.807) is 18.2 Å². The minimum absolute atomic E-state index is 0.0174. The number of nitriles is 1. The zero-order valence-corrected chi connectivity index (χ0v) is 16.1. The Labute approximate surface area is 165 Å². The van der Waals surface area contributed by atoms with E-state index < -0.39 is 0 Å². The van der Waals surface area contributed by atoms with Gasteiger partial charge in [0, 0.05) is 30.7 Å².